The quantitative estimate of drug-likeness (QED) is 0.128. The molecule has 2 atom stereocenters. The maximum absolute atomic E-state index is 13.1. The van der Waals surface area contributed by atoms with Gasteiger partial charge in [-0.15, -0.1) is 0 Å². The smallest absolute Gasteiger partial charge is 0.127 e. The number of benzene rings is 9. The van der Waals surface area contributed by atoms with E-state index in [0.29, 0.717) is 5.75 Å². The first-order chi connectivity index (χ1) is 28.2. The highest BCUT2D eigenvalue weighted by molar-refractivity contribution is 7.82. The van der Waals surface area contributed by atoms with E-state index in [1.165, 1.54) is 5.30 Å². The third-order valence-electron chi connectivity index (χ3n) is 11.6. The van der Waals surface area contributed by atoms with Crippen LogP contribution in [0.3, 0.4) is 0 Å². The molecule has 1 aliphatic rings. The van der Waals surface area contributed by atoms with Crippen molar-refractivity contribution in [3.63, 3.8) is 0 Å². The van der Waals surface area contributed by atoms with Gasteiger partial charge in [0.25, 0.3) is 0 Å². The Hall–Kier alpha value is -6.60. The number of phenols is 1. The Kier molecular flexibility index (Phi) is 9.06. The van der Waals surface area contributed by atoms with Crippen LogP contribution in [0.5, 0.6) is 5.75 Å². The summed E-state index contributed by atoms with van der Waals surface area (Å²) in [6.07, 6.45) is 1.74. The zero-order valence-corrected chi connectivity index (χ0v) is 32.4. The van der Waals surface area contributed by atoms with Gasteiger partial charge < -0.3 is 5.11 Å². The van der Waals surface area contributed by atoms with E-state index in [9.17, 15) is 5.11 Å². The van der Waals surface area contributed by atoms with Crippen LogP contribution in [-0.2, 0) is 5.41 Å². The third-order valence-corrected chi connectivity index (χ3v) is 14.2. The first kappa shape index (κ1) is 34.9. The summed E-state index contributed by atoms with van der Waals surface area (Å²) in [5.41, 5.74) is 9.65. The lowest BCUT2D eigenvalue weighted by atomic mass is 9.72. The summed E-state index contributed by atoms with van der Waals surface area (Å²) in [6, 6.07) is 75.2. The largest absolute Gasteiger partial charge is 0.507 e. The Morgan fingerprint density at radius 3 is 1.56 bits per heavy atom. The fraction of sp³-hybridized carbons (Fsp3) is 0.0556. The van der Waals surface area contributed by atoms with Crippen molar-refractivity contribution in [3.8, 4) is 39.1 Å². The van der Waals surface area contributed by atoms with Crippen LogP contribution in [0.25, 0.3) is 54.9 Å². The van der Waals surface area contributed by atoms with Crippen LogP contribution in [0.2, 0.25) is 0 Å². The van der Waals surface area contributed by atoms with Gasteiger partial charge in [0.15, 0.2) is 0 Å². The second kappa shape index (κ2) is 14.8. The number of aromatic hydroxyl groups is 1. The van der Waals surface area contributed by atoms with Gasteiger partial charge in [0.1, 0.15) is 5.75 Å². The van der Waals surface area contributed by atoms with Crippen LogP contribution in [0.15, 0.2) is 217 Å². The summed E-state index contributed by atoms with van der Waals surface area (Å²) in [5, 5.41) is 18.9. The maximum Gasteiger partial charge on any atom is 0.127 e. The zero-order valence-electron chi connectivity index (χ0n) is 31.5. The third kappa shape index (κ3) is 6.05. The van der Waals surface area contributed by atoms with E-state index < -0.39 is 13.3 Å². The Balaban J connectivity index is 1.31. The predicted molar refractivity (Wildman–Crippen MR) is 243 cm³/mol. The Morgan fingerprint density at radius 1 is 0.474 bits per heavy atom. The molecule has 0 saturated carbocycles. The molecule has 9 aromatic rings. The van der Waals surface area contributed by atoms with Gasteiger partial charge in [-0.25, -0.2) is 0 Å². The van der Waals surface area contributed by atoms with Gasteiger partial charge in [0.05, 0.1) is 16.6 Å². The Morgan fingerprint density at radius 2 is 0.965 bits per heavy atom. The Labute approximate surface area is 335 Å². The lowest BCUT2D eigenvalue weighted by Gasteiger charge is -2.34. The van der Waals surface area contributed by atoms with Crippen molar-refractivity contribution >= 4 is 45.9 Å². The fourth-order valence-electron chi connectivity index (χ4n) is 9.01. The molecule has 0 spiro atoms. The molecule has 1 fully saturated rings. The first-order valence-corrected chi connectivity index (χ1v) is 21.2. The number of para-hydroxylation sites is 2. The summed E-state index contributed by atoms with van der Waals surface area (Å²) in [5.74, 6) is 0.306. The van der Waals surface area contributed by atoms with E-state index in [4.69, 9.17) is 4.99 Å². The molecule has 10 rings (SSSR count). The molecule has 1 heterocycles. The van der Waals surface area contributed by atoms with Gasteiger partial charge in [0, 0.05) is 27.8 Å². The van der Waals surface area contributed by atoms with E-state index in [-0.39, 0.29) is 0 Å². The topological polar surface area (TPSA) is 32.6 Å². The van der Waals surface area contributed by atoms with E-state index in [0.717, 1.165) is 89.8 Å². The molecule has 0 bridgehead atoms. The average molecular weight is 750 g/mol. The second-order valence-electron chi connectivity index (χ2n) is 14.8. The standard InChI is InChI=1S/C54H40NOP/c56-52-48(50-44-29-15-13-23-40(44)37-41-24-14-16-30-45(41)50)33-18-34-49(52)54(42-25-9-3-10-26-42)35-36-57(43-27-11-4-12-28-43)53(54)55-51-46(38-19-5-1-6-20-38)31-17-32-47(51)39-21-7-2-8-22-39/h1-34,37,56H,35-36H2. The molecule has 0 aliphatic carbocycles. The predicted octanol–water partition coefficient (Wildman–Crippen LogP) is 13.9. The highest BCUT2D eigenvalue weighted by Gasteiger charge is 2.50. The van der Waals surface area contributed by atoms with Crippen LogP contribution in [-0.4, -0.2) is 16.7 Å². The number of aliphatic imine (C=N–C) groups is 1. The van der Waals surface area contributed by atoms with Gasteiger partial charge in [-0.2, -0.15) is 0 Å². The summed E-state index contributed by atoms with van der Waals surface area (Å²) in [6.45, 7) is 0. The molecule has 2 nitrogen and oxygen atoms in total. The number of phenolic OH excluding ortho intramolecular Hbond substituents is 1. The number of nitrogens with zero attached hydrogens (tertiary/aromatic N) is 1. The van der Waals surface area contributed by atoms with Gasteiger partial charge >= 0.3 is 0 Å². The van der Waals surface area contributed by atoms with Crippen molar-refractivity contribution in [1.82, 2.24) is 0 Å². The minimum Gasteiger partial charge on any atom is -0.507 e. The zero-order chi connectivity index (χ0) is 38.2. The monoisotopic (exact) mass is 749 g/mol. The maximum atomic E-state index is 13.1. The summed E-state index contributed by atoms with van der Waals surface area (Å²) in [7, 11) is -0.919. The summed E-state index contributed by atoms with van der Waals surface area (Å²) < 4.78 is 0. The van der Waals surface area contributed by atoms with Crippen molar-refractivity contribution in [3.05, 3.63) is 223 Å². The lowest BCUT2D eigenvalue weighted by Crippen LogP contribution is -2.33. The van der Waals surface area contributed by atoms with Gasteiger partial charge in [-0.3, -0.25) is 4.99 Å². The SMILES string of the molecule is Oc1c(-c2c3ccccc3cc3ccccc23)cccc1C1(c2ccccc2)CCP(c2ccccc2)C1=Nc1c(-c2ccccc2)cccc1-c1ccccc1. The molecule has 0 amide bonds. The van der Waals surface area contributed by atoms with Crippen LogP contribution in [0.1, 0.15) is 17.5 Å². The van der Waals surface area contributed by atoms with Crippen LogP contribution >= 0.6 is 7.92 Å². The summed E-state index contributed by atoms with van der Waals surface area (Å²) in [4.78, 5) is 6.05. The highest BCUT2D eigenvalue weighted by atomic mass is 31.1. The van der Waals surface area contributed by atoms with Crippen LogP contribution in [0, 0.1) is 0 Å². The molecule has 57 heavy (non-hydrogen) atoms. The molecule has 1 saturated heterocycles. The van der Waals surface area contributed by atoms with E-state index in [1.54, 1.807) is 0 Å². The molecule has 3 heteroatoms. The van der Waals surface area contributed by atoms with Crippen molar-refractivity contribution in [2.24, 2.45) is 4.99 Å². The number of hydrogen-bond acceptors (Lipinski definition) is 2. The second-order valence-corrected chi connectivity index (χ2v) is 17.0. The highest BCUT2D eigenvalue weighted by Crippen LogP contribution is 2.61. The molecule has 1 aliphatic heterocycles. The van der Waals surface area contributed by atoms with Gasteiger partial charge in [0.2, 0.25) is 0 Å². The fourth-order valence-corrected chi connectivity index (χ4v) is 11.9. The van der Waals surface area contributed by atoms with E-state index in [1.807, 2.05) is 0 Å². The number of hydrogen-bond donors (Lipinski definition) is 1. The van der Waals surface area contributed by atoms with E-state index in [2.05, 4.69) is 212 Å². The molecule has 2 unspecified atom stereocenters. The molecular weight excluding hydrogens is 710 g/mol. The minimum atomic E-state index is -0.919. The first-order valence-electron chi connectivity index (χ1n) is 19.7. The van der Waals surface area contributed by atoms with Gasteiger partial charge in [-0.1, -0.05) is 206 Å². The molecule has 0 aromatic heterocycles. The Bertz CT molecular complexity index is 2800. The lowest BCUT2D eigenvalue weighted by molar-refractivity contribution is 0.460. The number of rotatable bonds is 7. The average Bonchev–Trinajstić information content (AvgIpc) is 3.66. The van der Waals surface area contributed by atoms with E-state index >= 15 is 0 Å². The molecule has 272 valence electrons. The van der Waals surface area contributed by atoms with Crippen molar-refractivity contribution in [1.29, 1.82) is 0 Å². The van der Waals surface area contributed by atoms with Crippen molar-refractivity contribution in [2.45, 2.75) is 11.8 Å². The van der Waals surface area contributed by atoms with Crippen molar-refractivity contribution < 1.29 is 5.11 Å². The molecule has 1 N–H and O–H groups in total. The summed E-state index contributed by atoms with van der Waals surface area (Å²) >= 11 is 0. The number of fused-ring (bicyclic) bond motifs is 2. The molecular formula is C54H40NOP. The van der Waals surface area contributed by atoms with Crippen molar-refractivity contribution in [2.75, 3.05) is 6.16 Å². The van der Waals surface area contributed by atoms with Crippen LogP contribution in [0.4, 0.5) is 5.69 Å². The normalized spacial score (nSPS) is 17.3. The molecule has 9 aromatic carbocycles. The minimum absolute atomic E-state index is 0.306. The van der Waals surface area contributed by atoms with Crippen LogP contribution < -0.4 is 5.30 Å². The molecule has 0 radical (unpaired) electrons. The van der Waals surface area contributed by atoms with Gasteiger partial charge in [-0.05, 0) is 70.1 Å².